The fourth-order valence-corrected chi connectivity index (χ4v) is 12.9. The highest BCUT2D eigenvalue weighted by molar-refractivity contribution is 7.91. The molecular weight excluding hydrogens is 1280 g/mol. The van der Waals surface area contributed by atoms with E-state index in [1.165, 1.54) is 55.5 Å². The van der Waals surface area contributed by atoms with E-state index >= 15 is 0 Å². The zero-order valence-electron chi connectivity index (χ0n) is 51.9. The number of aromatic nitrogens is 2. The average molecular weight is 1360 g/mol. The summed E-state index contributed by atoms with van der Waals surface area (Å²) in [5.41, 5.74) is 6.62. The van der Waals surface area contributed by atoms with Gasteiger partial charge in [0.1, 0.15) is 36.3 Å². The maximum Gasteiger partial charge on any atom is 0.261 e. The van der Waals surface area contributed by atoms with Crippen LogP contribution in [0.25, 0.3) is 22.8 Å². The average Bonchev–Trinajstić information content (AvgIpc) is 1.62. The Morgan fingerprint density at radius 1 is 0.787 bits per heavy atom. The maximum atomic E-state index is 14.7. The van der Waals surface area contributed by atoms with Gasteiger partial charge in [-0.05, 0) is 86.8 Å². The number of nitrogens with two attached hydrogens (primary N) is 1. The number of nitrogens with one attached hydrogen (secondary N) is 5. The number of aromatic hydroxyl groups is 1. The molecule has 3 aliphatic heterocycles. The van der Waals surface area contributed by atoms with Crippen LogP contribution in [0, 0.1) is 5.92 Å². The van der Waals surface area contributed by atoms with Crippen LogP contribution in [0.5, 0.6) is 11.5 Å². The van der Waals surface area contributed by atoms with Crippen LogP contribution in [0.4, 0.5) is 0 Å². The molecule has 94 heavy (non-hydrogen) atoms. The molecule has 3 saturated heterocycles. The number of ether oxygens (including phenoxy) is 1. The Morgan fingerprint density at radius 2 is 1.44 bits per heavy atom. The summed E-state index contributed by atoms with van der Waals surface area (Å²) in [5.74, 6) is -9.45. The van der Waals surface area contributed by atoms with E-state index in [0.29, 0.717) is 17.5 Å². The number of fused-ring (bicyclic) bond motifs is 2. The number of hydrogen-bond acceptors (Lipinski definition) is 26. The molecule has 4 aromatic rings. The number of nitrogens with zero attached hydrogens (tertiary/aromatic N) is 4. The van der Waals surface area contributed by atoms with Crippen molar-refractivity contribution in [1.29, 1.82) is 0 Å². The fourth-order valence-electron chi connectivity index (χ4n) is 11.2. The number of methoxy groups -OCH3 is 1. The van der Waals surface area contributed by atoms with Crippen LogP contribution in [-0.2, 0) is 59.1 Å². The van der Waals surface area contributed by atoms with Crippen LogP contribution >= 0.6 is 12.3 Å². The second-order valence-electron chi connectivity index (χ2n) is 23.5. The van der Waals surface area contributed by atoms with E-state index in [-0.39, 0.29) is 71.1 Å². The van der Waals surface area contributed by atoms with Gasteiger partial charge in [-0.2, -0.15) is 4.98 Å². The van der Waals surface area contributed by atoms with Gasteiger partial charge >= 0.3 is 0 Å². The third-order valence-corrected chi connectivity index (χ3v) is 18.6. The first-order valence-corrected chi connectivity index (χ1v) is 33.0. The number of phenols is 1. The lowest BCUT2D eigenvalue weighted by Gasteiger charge is -2.34. The van der Waals surface area contributed by atoms with Gasteiger partial charge in [0.2, 0.25) is 41.3 Å². The Morgan fingerprint density at radius 3 is 2.11 bits per heavy atom. The second-order valence-corrected chi connectivity index (χ2v) is 26.0. The van der Waals surface area contributed by atoms with Gasteiger partial charge in [0.05, 0.1) is 47.3 Å². The van der Waals surface area contributed by atoms with E-state index in [1.807, 2.05) is 0 Å². The molecular formula is C60H82N10O22S2. The van der Waals surface area contributed by atoms with E-state index in [0.717, 1.165) is 67.9 Å². The van der Waals surface area contributed by atoms with Crippen molar-refractivity contribution >= 4 is 63.5 Å². The molecule has 0 bridgehead atoms. The third-order valence-electron chi connectivity index (χ3n) is 16.4. The van der Waals surface area contributed by atoms with Crippen molar-refractivity contribution in [1.82, 2.24) is 46.5 Å². The summed E-state index contributed by atoms with van der Waals surface area (Å²) in [6, 6.07) is 3.86. The normalized spacial score (nSPS) is 24.6. The summed E-state index contributed by atoms with van der Waals surface area (Å²) >= 11 is 0.0706. The van der Waals surface area contributed by atoms with Crippen LogP contribution in [-0.4, -0.2) is 229 Å². The minimum absolute atomic E-state index is 0.000533. The molecule has 1 aromatic heterocycles. The maximum absolute atomic E-state index is 14.7. The molecule has 15 N–H and O–H groups in total. The zero-order valence-corrected chi connectivity index (χ0v) is 53.5. The molecule has 0 unspecified atom stereocenters. The largest absolute Gasteiger partial charge is 0.504 e. The Hall–Kier alpha value is -7.45. The van der Waals surface area contributed by atoms with Crippen LogP contribution in [0.3, 0.4) is 0 Å². The van der Waals surface area contributed by atoms with Gasteiger partial charge in [0.15, 0.2) is 21.3 Å². The first-order chi connectivity index (χ1) is 44.8. The molecule has 32 nitrogen and oxygen atoms in total. The van der Waals surface area contributed by atoms with Gasteiger partial charge in [0, 0.05) is 75.2 Å². The van der Waals surface area contributed by atoms with Crippen LogP contribution in [0.1, 0.15) is 94.0 Å². The quantitative estimate of drug-likeness (QED) is 0.0154. The number of unbranched alkanes of at least 4 members (excludes halogenated alkanes) is 6. The van der Waals surface area contributed by atoms with Gasteiger partial charge in [-0.1, -0.05) is 71.8 Å². The number of carbonyl (C=O) groups is 7. The fraction of sp³-hybridized carbons (Fsp3) is 0.550. The highest BCUT2D eigenvalue weighted by Gasteiger charge is 2.50. The molecule has 13 atom stereocenters. The van der Waals surface area contributed by atoms with Gasteiger partial charge in [-0.25, -0.2) is 13.7 Å². The third kappa shape index (κ3) is 19.6. The van der Waals surface area contributed by atoms with E-state index < -0.39 is 168 Å². The van der Waals surface area contributed by atoms with Crippen molar-refractivity contribution in [3.63, 3.8) is 0 Å². The first kappa shape index (κ1) is 74.0. The second kappa shape index (κ2) is 34.8. The number of β-amino-alcohol motifs (C(OH)–C–C–N with tert-alkyl or cyclic N) is 1. The Kier molecular flexibility index (Phi) is 27.4. The number of aliphatic hydroxyl groups excluding tert-OH is 6. The SMILES string of the molecule is COCCCCCCCCCS(=O)(=O)c1ccc(-c2nc(-c3ccc(C(=O)N[C@H]4C[C@H](O)CNC(=O)[C@@H]5[C@@H](O)[C@H](C)CN5C(=O)[C@H]([C@H](O)CCN)NC(=O)[C@H]([C@H](O)Cc5ccc(O)c(OSOOO)c5)NC(=O)[C@@H]5C[C@H](O)CN5C(=O)[C@H]([C@H](C)O)NC4=O)cc3)no2)cc1. The minimum atomic E-state index is -3.56. The first-order valence-electron chi connectivity index (χ1n) is 30.6. The highest BCUT2D eigenvalue weighted by Crippen LogP contribution is 2.32. The predicted octanol–water partition coefficient (Wildman–Crippen LogP) is -1.08. The predicted molar refractivity (Wildman–Crippen MR) is 331 cm³/mol. The Labute approximate surface area is 545 Å². The summed E-state index contributed by atoms with van der Waals surface area (Å²) in [4.78, 5) is 108. The van der Waals surface area contributed by atoms with Crippen LogP contribution in [0.2, 0.25) is 0 Å². The van der Waals surface area contributed by atoms with E-state index in [4.69, 9.17) is 24.4 Å². The monoisotopic (exact) mass is 1360 g/mol. The number of phenolic OH excluding ortho intramolecular Hbond substituents is 1. The van der Waals surface area contributed by atoms with Crippen molar-refractivity contribution in [2.24, 2.45) is 11.7 Å². The lowest BCUT2D eigenvalue weighted by atomic mass is 9.98. The lowest BCUT2D eigenvalue weighted by molar-refractivity contribution is -0.433. The number of hydrogen-bond donors (Lipinski definition) is 14. The molecule has 3 aromatic carbocycles. The van der Waals surface area contributed by atoms with Crippen molar-refractivity contribution in [2.45, 2.75) is 162 Å². The van der Waals surface area contributed by atoms with E-state index in [1.54, 1.807) is 19.2 Å². The van der Waals surface area contributed by atoms with Crippen molar-refractivity contribution < 1.29 is 106 Å². The van der Waals surface area contributed by atoms with Crippen molar-refractivity contribution in [3.05, 3.63) is 77.9 Å². The molecule has 7 amide bonds. The zero-order chi connectivity index (χ0) is 68.4. The summed E-state index contributed by atoms with van der Waals surface area (Å²) in [6.07, 6.45) is -6.08. The molecule has 0 saturated carbocycles. The smallest absolute Gasteiger partial charge is 0.261 e. The molecule has 0 spiro atoms. The lowest BCUT2D eigenvalue weighted by Crippen LogP contribution is -2.64. The van der Waals surface area contributed by atoms with Crippen molar-refractivity contribution in [2.75, 3.05) is 45.6 Å². The summed E-state index contributed by atoms with van der Waals surface area (Å²) in [5, 5.41) is 107. The molecule has 3 fully saturated rings. The van der Waals surface area contributed by atoms with Crippen molar-refractivity contribution in [3.8, 4) is 34.3 Å². The van der Waals surface area contributed by atoms with Gasteiger partial charge in [-0.15, -0.1) is 0 Å². The highest BCUT2D eigenvalue weighted by atomic mass is 32.2. The van der Waals surface area contributed by atoms with Crippen LogP contribution in [0.15, 0.2) is 76.1 Å². The molecule has 0 aliphatic carbocycles. The standard InChI is InChI=1S/C60H82N10O22S2/c1-32-30-70-50(51(32)77)57(82)62-29-38(72)27-41(63-53(78)36-14-12-35(13-15-36)52-67-58(89-68-52)37-16-18-40(19-17-37)94(86,87)24-10-8-6-4-5-7-9-23-88-3)54(79)64-47(33(2)71)59(83)69-31-39(73)28-42(69)55(80)65-48(56(81)66-49(60(70)84)44(75)21-22-61)45(76)25-34-11-20-43(74)46(26-34)90-93-92-91-85/h11-20,26,32-33,38-39,41-42,44-45,47-51,71-77,85H,4-10,21-25,27-31,61H2,1-3H3,(H,62,82)(H,63,78)(H,64,79)(H,65,80)(H,66,81)/t32-,33+,38+,39+,41+,42+,44-,45-,47+,48+,49+,50+,51+/m1/s1. The molecule has 7 rings (SSSR count). The molecule has 4 heterocycles. The number of benzene rings is 3. The molecule has 0 radical (unpaired) electrons. The summed E-state index contributed by atoms with van der Waals surface area (Å²) in [6.45, 7) is 1.45. The topological polar surface area (TPSA) is 484 Å². The molecule has 3 aliphatic rings. The number of rotatable bonds is 26. The van der Waals surface area contributed by atoms with E-state index in [9.17, 15) is 77.7 Å². The summed E-state index contributed by atoms with van der Waals surface area (Å²) < 4.78 is 46.2. The van der Waals surface area contributed by atoms with Gasteiger partial charge in [-0.3, -0.25) is 33.6 Å². The molecule has 516 valence electrons. The number of carbonyl (C=O) groups excluding carboxylic acids is 7. The number of aliphatic hydroxyl groups is 6. The van der Waals surface area contributed by atoms with Gasteiger partial charge < -0.3 is 91.3 Å². The number of sulfone groups is 1. The van der Waals surface area contributed by atoms with Gasteiger partial charge in [0.25, 0.3) is 24.1 Å². The van der Waals surface area contributed by atoms with Crippen LogP contribution < -0.4 is 36.5 Å². The molecule has 34 heteroatoms. The summed E-state index contributed by atoms with van der Waals surface area (Å²) in [7, 11) is -1.89. The number of amides is 7. The Bertz CT molecular complexity index is 3330. The minimum Gasteiger partial charge on any atom is -0.504 e. The van der Waals surface area contributed by atoms with E-state index in [2.05, 4.69) is 46.1 Å². The Balaban J connectivity index is 1.13.